The molecule has 0 aliphatic carbocycles. The second-order valence-corrected chi connectivity index (χ2v) is 2.75. The largest absolute Gasteiger partial charge is 0.478 e. The summed E-state index contributed by atoms with van der Waals surface area (Å²) in [4.78, 5) is 9.25. The average molecular weight is 209 g/mol. The molecule has 0 aromatic rings. The molecule has 0 aromatic heterocycles. The zero-order valence-electron chi connectivity index (χ0n) is 7.71. The Morgan fingerprint density at radius 3 is 2.08 bits per heavy atom. The molecule has 4 heteroatoms. The van der Waals surface area contributed by atoms with Crippen LogP contribution in [0.2, 0.25) is 0 Å². The fourth-order valence-electron chi connectivity index (χ4n) is 0.560. The van der Waals surface area contributed by atoms with Gasteiger partial charge in [-0.25, -0.2) is 4.79 Å². The van der Waals surface area contributed by atoms with Gasteiger partial charge in [0.25, 0.3) is 0 Å². The molecule has 13 heavy (non-hydrogen) atoms. The Kier molecular flexibility index (Phi) is 16.1. The third-order valence-corrected chi connectivity index (χ3v) is 1.48. The Bertz CT molecular complexity index is 120. The van der Waals surface area contributed by atoms with Crippen molar-refractivity contribution in [3.05, 3.63) is 12.7 Å². The van der Waals surface area contributed by atoms with Crippen LogP contribution < -0.4 is 0 Å². The molecule has 0 atom stereocenters. The summed E-state index contributed by atoms with van der Waals surface area (Å²) in [6.45, 7) is 3.28. The number of aliphatic carboxylic acids is 1. The van der Waals surface area contributed by atoms with E-state index in [9.17, 15) is 4.79 Å². The molecule has 0 saturated carbocycles. The standard InChI is InChI=1S/C6H13ClO.C3H4O2/c7-5-3-1-2-4-6-8;1-2-3(4)5/h8H,1-6H2;2H,1H2,(H,4,5). The third kappa shape index (κ3) is 24.6. The molecule has 0 aliphatic rings. The van der Waals surface area contributed by atoms with Crippen LogP contribution >= 0.6 is 11.6 Å². The first-order chi connectivity index (χ1) is 6.18. The van der Waals surface area contributed by atoms with E-state index >= 15 is 0 Å². The Morgan fingerprint density at radius 2 is 1.77 bits per heavy atom. The maximum absolute atomic E-state index is 9.25. The number of alkyl halides is 1. The number of carboxylic acid groups (broad SMARTS) is 1. The van der Waals surface area contributed by atoms with E-state index in [4.69, 9.17) is 21.8 Å². The van der Waals surface area contributed by atoms with Crippen molar-refractivity contribution < 1.29 is 15.0 Å². The average Bonchev–Trinajstić information content (AvgIpc) is 2.14. The number of halogens is 1. The highest BCUT2D eigenvalue weighted by Crippen LogP contribution is 1.99. The highest BCUT2D eigenvalue weighted by atomic mass is 35.5. The van der Waals surface area contributed by atoms with Crippen molar-refractivity contribution in [3.63, 3.8) is 0 Å². The molecule has 78 valence electrons. The Morgan fingerprint density at radius 1 is 1.31 bits per heavy atom. The predicted molar refractivity (Wildman–Crippen MR) is 54.1 cm³/mol. The highest BCUT2D eigenvalue weighted by molar-refractivity contribution is 6.17. The summed E-state index contributed by atoms with van der Waals surface area (Å²) in [6, 6.07) is 0. The SMILES string of the molecule is C=CC(=O)O.OCCCCCCCl. The Labute approximate surface area is 84.0 Å². The molecule has 0 fully saturated rings. The minimum Gasteiger partial charge on any atom is -0.478 e. The van der Waals surface area contributed by atoms with Crippen molar-refractivity contribution in [2.24, 2.45) is 0 Å². The first kappa shape index (κ1) is 15.0. The van der Waals surface area contributed by atoms with Crippen LogP contribution in [0.1, 0.15) is 25.7 Å². The van der Waals surface area contributed by atoms with E-state index in [-0.39, 0.29) is 0 Å². The summed E-state index contributed by atoms with van der Waals surface area (Å²) >= 11 is 5.42. The number of unbranched alkanes of at least 4 members (excludes halogenated alkanes) is 3. The van der Waals surface area contributed by atoms with Crippen molar-refractivity contribution in [2.75, 3.05) is 12.5 Å². The van der Waals surface area contributed by atoms with Crippen LogP contribution in [0.4, 0.5) is 0 Å². The van der Waals surface area contributed by atoms with Crippen molar-refractivity contribution in [1.82, 2.24) is 0 Å². The van der Waals surface area contributed by atoms with Gasteiger partial charge in [0.15, 0.2) is 0 Å². The minimum absolute atomic E-state index is 0.322. The second kappa shape index (κ2) is 14.0. The lowest BCUT2D eigenvalue weighted by atomic mass is 10.2. The van der Waals surface area contributed by atoms with Crippen molar-refractivity contribution in [3.8, 4) is 0 Å². The zero-order valence-corrected chi connectivity index (χ0v) is 8.46. The lowest BCUT2D eigenvalue weighted by Crippen LogP contribution is -1.82. The van der Waals surface area contributed by atoms with Crippen LogP contribution in [0, 0.1) is 0 Å². The van der Waals surface area contributed by atoms with E-state index < -0.39 is 5.97 Å². The topological polar surface area (TPSA) is 57.5 Å². The lowest BCUT2D eigenvalue weighted by molar-refractivity contribution is -0.131. The fraction of sp³-hybridized carbons (Fsp3) is 0.667. The first-order valence-electron chi connectivity index (χ1n) is 4.21. The number of hydrogen-bond donors (Lipinski definition) is 2. The van der Waals surface area contributed by atoms with Gasteiger partial charge in [-0.2, -0.15) is 0 Å². The number of rotatable bonds is 6. The summed E-state index contributed by atoms with van der Waals surface area (Å²) in [5, 5.41) is 15.9. The van der Waals surface area contributed by atoms with Crippen molar-refractivity contribution in [2.45, 2.75) is 25.7 Å². The van der Waals surface area contributed by atoms with Crippen LogP contribution in [0.5, 0.6) is 0 Å². The number of aliphatic hydroxyl groups is 1. The minimum atomic E-state index is -0.981. The maximum Gasteiger partial charge on any atom is 0.327 e. The molecule has 0 spiro atoms. The van der Waals surface area contributed by atoms with Gasteiger partial charge in [0.05, 0.1) is 0 Å². The molecule has 0 unspecified atom stereocenters. The zero-order chi connectivity index (χ0) is 10.5. The van der Waals surface area contributed by atoms with Crippen LogP contribution in [0.25, 0.3) is 0 Å². The molecule has 2 N–H and O–H groups in total. The van der Waals surface area contributed by atoms with Crippen LogP contribution in [-0.2, 0) is 4.79 Å². The lowest BCUT2D eigenvalue weighted by Gasteiger charge is -1.92. The predicted octanol–water partition coefficient (Wildman–Crippen LogP) is 2.03. The van der Waals surface area contributed by atoms with Gasteiger partial charge >= 0.3 is 5.97 Å². The normalized spacial score (nSPS) is 8.46. The van der Waals surface area contributed by atoms with Gasteiger partial charge in [-0.3, -0.25) is 0 Å². The maximum atomic E-state index is 9.25. The number of carboxylic acids is 1. The van der Waals surface area contributed by atoms with Gasteiger partial charge < -0.3 is 10.2 Å². The molecular formula is C9H17ClO3. The fourth-order valence-corrected chi connectivity index (χ4v) is 0.749. The molecule has 0 heterocycles. The molecule has 0 amide bonds. The molecule has 0 aliphatic heterocycles. The van der Waals surface area contributed by atoms with Crippen LogP contribution in [0.15, 0.2) is 12.7 Å². The van der Waals surface area contributed by atoms with Crippen molar-refractivity contribution >= 4 is 17.6 Å². The van der Waals surface area contributed by atoms with Crippen molar-refractivity contribution in [1.29, 1.82) is 0 Å². The Balaban J connectivity index is 0. The van der Waals surface area contributed by atoms with Gasteiger partial charge in [-0.1, -0.05) is 19.4 Å². The number of aliphatic hydroxyl groups excluding tert-OH is 1. The van der Waals surface area contributed by atoms with Gasteiger partial charge in [-0.15, -0.1) is 11.6 Å². The van der Waals surface area contributed by atoms with E-state index in [1.54, 1.807) is 0 Å². The van der Waals surface area contributed by atoms with E-state index in [0.29, 0.717) is 6.61 Å². The summed E-state index contributed by atoms with van der Waals surface area (Å²) in [5.41, 5.74) is 0. The molecule has 0 aromatic carbocycles. The molecule has 0 radical (unpaired) electrons. The molecule has 0 rings (SSSR count). The molecule has 3 nitrogen and oxygen atoms in total. The molecular weight excluding hydrogens is 192 g/mol. The smallest absolute Gasteiger partial charge is 0.327 e. The van der Waals surface area contributed by atoms with E-state index in [0.717, 1.165) is 37.6 Å². The quantitative estimate of drug-likeness (QED) is 0.399. The van der Waals surface area contributed by atoms with Gasteiger partial charge in [-0.05, 0) is 12.8 Å². The Hall–Kier alpha value is -0.540. The summed E-state index contributed by atoms with van der Waals surface area (Å²) < 4.78 is 0. The summed E-state index contributed by atoms with van der Waals surface area (Å²) in [5.74, 6) is -0.226. The summed E-state index contributed by atoms with van der Waals surface area (Å²) in [6.07, 6.45) is 5.12. The second-order valence-electron chi connectivity index (χ2n) is 2.37. The highest BCUT2D eigenvalue weighted by Gasteiger charge is 1.84. The van der Waals surface area contributed by atoms with Crippen LogP contribution in [0.3, 0.4) is 0 Å². The van der Waals surface area contributed by atoms with E-state index in [1.165, 1.54) is 0 Å². The van der Waals surface area contributed by atoms with Gasteiger partial charge in [0.1, 0.15) is 0 Å². The van der Waals surface area contributed by atoms with Crippen LogP contribution in [-0.4, -0.2) is 28.7 Å². The monoisotopic (exact) mass is 208 g/mol. The van der Waals surface area contributed by atoms with Gasteiger partial charge in [0, 0.05) is 18.6 Å². The third-order valence-electron chi connectivity index (χ3n) is 1.22. The summed E-state index contributed by atoms with van der Waals surface area (Å²) in [7, 11) is 0. The molecule has 0 bridgehead atoms. The molecule has 0 saturated heterocycles. The first-order valence-corrected chi connectivity index (χ1v) is 4.74. The van der Waals surface area contributed by atoms with Gasteiger partial charge in [0.2, 0.25) is 0 Å². The van der Waals surface area contributed by atoms with E-state index in [2.05, 4.69) is 6.58 Å². The van der Waals surface area contributed by atoms with E-state index in [1.807, 2.05) is 0 Å². The number of hydrogen-bond acceptors (Lipinski definition) is 2. The number of carbonyl (C=O) groups is 1.